The Balaban J connectivity index is 0.00000242. The van der Waals surface area contributed by atoms with Gasteiger partial charge in [-0.2, -0.15) is 0 Å². The van der Waals surface area contributed by atoms with Crippen molar-refractivity contribution in [2.75, 3.05) is 26.2 Å². The lowest BCUT2D eigenvalue weighted by Crippen LogP contribution is -2.34. The van der Waals surface area contributed by atoms with Crippen LogP contribution in [0.4, 0.5) is 0 Å². The minimum atomic E-state index is -0.0428. The summed E-state index contributed by atoms with van der Waals surface area (Å²) in [6, 6.07) is 5.98. The van der Waals surface area contributed by atoms with Crippen LogP contribution >= 0.6 is 12.4 Å². The van der Waals surface area contributed by atoms with Gasteiger partial charge < -0.3 is 15.4 Å². The second-order valence-corrected chi connectivity index (χ2v) is 5.91. The highest BCUT2D eigenvalue weighted by atomic mass is 35.5. The number of hydrogen-bond acceptors (Lipinski definition) is 3. The van der Waals surface area contributed by atoms with Crippen LogP contribution in [0, 0.1) is 19.8 Å². The lowest BCUT2D eigenvalue weighted by atomic mass is 9.96. The lowest BCUT2D eigenvalue weighted by molar-refractivity contribution is -0.123. The maximum Gasteiger partial charge on any atom is 0.257 e. The molecule has 0 saturated carbocycles. The van der Waals surface area contributed by atoms with Crippen LogP contribution in [-0.2, 0) is 4.79 Å². The van der Waals surface area contributed by atoms with Crippen molar-refractivity contribution in [2.24, 2.45) is 5.92 Å². The van der Waals surface area contributed by atoms with E-state index in [-0.39, 0.29) is 24.9 Å². The minimum Gasteiger partial charge on any atom is -0.484 e. The van der Waals surface area contributed by atoms with Gasteiger partial charge in [0.05, 0.1) is 0 Å². The van der Waals surface area contributed by atoms with E-state index in [0.29, 0.717) is 5.92 Å². The Hall–Kier alpha value is -1.26. The maximum atomic E-state index is 11.8. The molecule has 0 spiro atoms. The molecule has 1 unspecified atom stereocenters. The quantitative estimate of drug-likeness (QED) is 0.845. The average molecular weight is 327 g/mol. The van der Waals surface area contributed by atoms with Gasteiger partial charge in [0.1, 0.15) is 5.75 Å². The fourth-order valence-electron chi connectivity index (χ4n) is 2.74. The van der Waals surface area contributed by atoms with Crippen LogP contribution in [0.15, 0.2) is 18.2 Å². The Morgan fingerprint density at radius 1 is 1.41 bits per heavy atom. The molecule has 1 aliphatic heterocycles. The zero-order chi connectivity index (χ0) is 15.1. The van der Waals surface area contributed by atoms with Crippen molar-refractivity contribution >= 4 is 18.3 Å². The van der Waals surface area contributed by atoms with Gasteiger partial charge in [0, 0.05) is 6.54 Å². The minimum absolute atomic E-state index is 0. The summed E-state index contributed by atoms with van der Waals surface area (Å²) in [5, 5.41) is 6.33. The summed E-state index contributed by atoms with van der Waals surface area (Å²) in [6.07, 6.45) is 3.55. The molecule has 1 aliphatic rings. The van der Waals surface area contributed by atoms with Gasteiger partial charge in [0.15, 0.2) is 6.61 Å². The molecule has 124 valence electrons. The molecule has 1 aromatic carbocycles. The van der Waals surface area contributed by atoms with Gasteiger partial charge in [0.25, 0.3) is 5.91 Å². The van der Waals surface area contributed by atoms with E-state index in [4.69, 9.17) is 4.74 Å². The fraction of sp³-hybridized carbons (Fsp3) is 0.588. The number of hydrogen-bond donors (Lipinski definition) is 2. The van der Waals surface area contributed by atoms with E-state index in [0.717, 1.165) is 37.4 Å². The lowest BCUT2D eigenvalue weighted by Gasteiger charge is -2.22. The SMILES string of the molecule is Cc1ccc(OCC(=O)NCCC2CCCNC2)c(C)c1.Cl. The van der Waals surface area contributed by atoms with Gasteiger partial charge in [0.2, 0.25) is 0 Å². The van der Waals surface area contributed by atoms with Crippen LogP contribution in [0.25, 0.3) is 0 Å². The largest absolute Gasteiger partial charge is 0.484 e. The smallest absolute Gasteiger partial charge is 0.257 e. The second-order valence-electron chi connectivity index (χ2n) is 5.91. The number of amides is 1. The van der Waals surface area contributed by atoms with Crippen LogP contribution in [0.2, 0.25) is 0 Å². The van der Waals surface area contributed by atoms with E-state index < -0.39 is 0 Å². The molecule has 1 amide bonds. The molecule has 5 heteroatoms. The van der Waals surface area contributed by atoms with Gasteiger partial charge in [-0.1, -0.05) is 17.7 Å². The average Bonchev–Trinajstić information content (AvgIpc) is 2.47. The molecule has 1 heterocycles. The number of nitrogens with one attached hydrogen (secondary N) is 2. The molecule has 1 saturated heterocycles. The molecule has 2 rings (SSSR count). The van der Waals surface area contributed by atoms with E-state index >= 15 is 0 Å². The molecule has 1 aromatic rings. The molecule has 1 fully saturated rings. The van der Waals surface area contributed by atoms with E-state index in [1.165, 1.54) is 18.4 Å². The van der Waals surface area contributed by atoms with Crippen molar-refractivity contribution in [3.05, 3.63) is 29.3 Å². The highest BCUT2D eigenvalue weighted by Crippen LogP contribution is 2.18. The molecule has 22 heavy (non-hydrogen) atoms. The van der Waals surface area contributed by atoms with Crippen molar-refractivity contribution < 1.29 is 9.53 Å². The first-order valence-electron chi connectivity index (χ1n) is 7.82. The van der Waals surface area contributed by atoms with Gasteiger partial charge in [-0.05, 0) is 63.7 Å². The predicted molar refractivity (Wildman–Crippen MR) is 91.9 cm³/mol. The third-order valence-electron chi connectivity index (χ3n) is 3.96. The molecule has 0 aromatic heterocycles. The normalized spacial score (nSPS) is 17.5. The topological polar surface area (TPSA) is 50.4 Å². The Morgan fingerprint density at radius 2 is 2.23 bits per heavy atom. The highest BCUT2D eigenvalue weighted by molar-refractivity contribution is 5.85. The van der Waals surface area contributed by atoms with Gasteiger partial charge in [-0.15, -0.1) is 12.4 Å². The van der Waals surface area contributed by atoms with Crippen molar-refractivity contribution in [2.45, 2.75) is 33.1 Å². The van der Waals surface area contributed by atoms with Gasteiger partial charge in [-0.25, -0.2) is 0 Å². The summed E-state index contributed by atoms with van der Waals surface area (Å²) in [5.74, 6) is 1.44. The number of carbonyl (C=O) groups excluding carboxylic acids is 1. The predicted octanol–water partition coefficient (Wildman–Crippen LogP) is 2.61. The molecule has 4 nitrogen and oxygen atoms in total. The first kappa shape index (κ1) is 18.8. The molecule has 0 radical (unpaired) electrons. The molecule has 1 atom stereocenters. The number of benzene rings is 1. The van der Waals surface area contributed by atoms with E-state index in [2.05, 4.69) is 16.7 Å². The van der Waals surface area contributed by atoms with Crippen LogP contribution in [0.5, 0.6) is 5.75 Å². The summed E-state index contributed by atoms with van der Waals surface area (Å²) in [4.78, 5) is 11.8. The Morgan fingerprint density at radius 3 is 2.91 bits per heavy atom. The summed E-state index contributed by atoms with van der Waals surface area (Å²) < 4.78 is 5.57. The zero-order valence-electron chi connectivity index (χ0n) is 13.5. The van der Waals surface area contributed by atoms with Crippen LogP contribution in [-0.4, -0.2) is 32.1 Å². The highest BCUT2D eigenvalue weighted by Gasteiger charge is 2.13. The third kappa shape index (κ3) is 6.24. The molecular formula is C17H27ClN2O2. The summed E-state index contributed by atoms with van der Waals surface area (Å²) in [7, 11) is 0. The van der Waals surface area contributed by atoms with Crippen molar-refractivity contribution in [1.82, 2.24) is 10.6 Å². The van der Waals surface area contributed by atoms with Crippen molar-refractivity contribution in [1.29, 1.82) is 0 Å². The van der Waals surface area contributed by atoms with Crippen LogP contribution < -0.4 is 15.4 Å². The number of rotatable bonds is 6. The van der Waals surface area contributed by atoms with Crippen LogP contribution in [0.1, 0.15) is 30.4 Å². The second kappa shape index (κ2) is 9.70. The standard InChI is InChI=1S/C17H26N2O2.ClH/c1-13-5-6-16(14(2)10-13)21-12-17(20)19-9-7-15-4-3-8-18-11-15;/h5-6,10,15,18H,3-4,7-9,11-12H2,1-2H3,(H,19,20);1H. The molecular weight excluding hydrogens is 300 g/mol. The third-order valence-corrected chi connectivity index (χ3v) is 3.96. The maximum absolute atomic E-state index is 11.8. The number of carbonyl (C=O) groups is 1. The molecule has 0 bridgehead atoms. The van der Waals surface area contributed by atoms with Crippen LogP contribution in [0.3, 0.4) is 0 Å². The number of ether oxygens (including phenoxy) is 1. The Kier molecular flexibility index (Phi) is 8.28. The summed E-state index contributed by atoms with van der Waals surface area (Å²) >= 11 is 0. The first-order chi connectivity index (χ1) is 10.1. The number of aryl methyl sites for hydroxylation is 2. The van der Waals surface area contributed by atoms with E-state index in [9.17, 15) is 4.79 Å². The zero-order valence-corrected chi connectivity index (χ0v) is 14.3. The molecule has 0 aliphatic carbocycles. The fourth-order valence-corrected chi connectivity index (χ4v) is 2.74. The monoisotopic (exact) mass is 326 g/mol. The van der Waals surface area contributed by atoms with Crippen molar-refractivity contribution in [3.8, 4) is 5.75 Å². The Labute approximate surface area is 139 Å². The van der Waals surface area contributed by atoms with E-state index in [1.807, 2.05) is 26.0 Å². The Bertz CT molecular complexity index is 474. The number of halogens is 1. The van der Waals surface area contributed by atoms with Gasteiger partial charge in [-0.3, -0.25) is 4.79 Å². The van der Waals surface area contributed by atoms with Crippen molar-refractivity contribution in [3.63, 3.8) is 0 Å². The van der Waals surface area contributed by atoms with E-state index in [1.54, 1.807) is 0 Å². The summed E-state index contributed by atoms with van der Waals surface area (Å²) in [5.41, 5.74) is 2.27. The molecule has 2 N–H and O–H groups in total. The summed E-state index contributed by atoms with van der Waals surface area (Å²) in [6.45, 7) is 7.08. The number of piperidine rings is 1. The van der Waals surface area contributed by atoms with Gasteiger partial charge >= 0.3 is 0 Å². The first-order valence-corrected chi connectivity index (χ1v) is 7.82.